The van der Waals surface area contributed by atoms with E-state index >= 15 is 0 Å². The van der Waals surface area contributed by atoms with E-state index < -0.39 is 0 Å². The van der Waals surface area contributed by atoms with Gasteiger partial charge in [-0.25, -0.2) is 0 Å². The highest BCUT2D eigenvalue weighted by Crippen LogP contribution is 2.23. The monoisotopic (exact) mass is 299 g/mol. The van der Waals surface area contributed by atoms with E-state index in [9.17, 15) is 0 Å². The Balaban J connectivity index is 2.35. The van der Waals surface area contributed by atoms with Gasteiger partial charge in [0.15, 0.2) is 0 Å². The summed E-state index contributed by atoms with van der Waals surface area (Å²) in [5.41, 5.74) is 11.1. The number of pyridine rings is 1. The van der Waals surface area contributed by atoms with E-state index in [1.165, 1.54) is 0 Å². The number of hydrogen-bond acceptors (Lipinski definition) is 3. The average Bonchev–Trinajstić information content (AvgIpc) is 2.45. The minimum Gasteiger partial charge on any atom is -0.389 e. The highest BCUT2D eigenvalue weighted by atomic mass is 32.1. The quantitative estimate of drug-likeness (QED) is 0.860. The number of hydrogen-bond donors (Lipinski definition) is 1. The molecular formula is C17H21N3S. The summed E-state index contributed by atoms with van der Waals surface area (Å²) in [6, 6.07) is 12.3. The average molecular weight is 299 g/mol. The zero-order chi connectivity index (χ0) is 15.4. The molecule has 0 aliphatic rings. The van der Waals surface area contributed by atoms with Gasteiger partial charge in [-0.15, -0.1) is 0 Å². The molecule has 0 amide bonds. The van der Waals surface area contributed by atoms with E-state index in [0.29, 0.717) is 4.99 Å². The SMILES string of the molecule is CCN(Cc1cccc(C)n1)c1ccc(C)cc1C(N)=S. The van der Waals surface area contributed by atoms with Crippen LogP contribution in [0.3, 0.4) is 0 Å². The molecule has 1 aromatic carbocycles. The first-order chi connectivity index (χ1) is 10.0. The summed E-state index contributed by atoms with van der Waals surface area (Å²) < 4.78 is 0. The van der Waals surface area contributed by atoms with Gasteiger partial charge in [0.05, 0.1) is 12.2 Å². The molecule has 0 spiro atoms. The third kappa shape index (κ3) is 3.79. The molecule has 0 unspecified atom stereocenters. The first kappa shape index (κ1) is 15.4. The van der Waals surface area contributed by atoms with Gasteiger partial charge < -0.3 is 10.6 Å². The molecule has 21 heavy (non-hydrogen) atoms. The number of rotatable bonds is 5. The minimum atomic E-state index is 0.435. The zero-order valence-corrected chi connectivity index (χ0v) is 13.6. The van der Waals surface area contributed by atoms with Crippen LogP contribution in [-0.2, 0) is 6.54 Å². The molecule has 0 bridgehead atoms. The van der Waals surface area contributed by atoms with Crippen LogP contribution in [0, 0.1) is 13.8 Å². The number of anilines is 1. The predicted octanol–water partition coefficient (Wildman–Crippen LogP) is 3.36. The summed E-state index contributed by atoms with van der Waals surface area (Å²) in [6.07, 6.45) is 0. The summed E-state index contributed by atoms with van der Waals surface area (Å²) in [7, 11) is 0. The van der Waals surface area contributed by atoms with E-state index in [-0.39, 0.29) is 0 Å². The first-order valence-electron chi connectivity index (χ1n) is 7.09. The molecule has 0 aliphatic heterocycles. The highest BCUT2D eigenvalue weighted by Gasteiger charge is 2.13. The number of aromatic nitrogens is 1. The molecule has 0 saturated heterocycles. The Morgan fingerprint density at radius 1 is 1.24 bits per heavy atom. The van der Waals surface area contributed by atoms with E-state index in [4.69, 9.17) is 18.0 Å². The Kier molecular flexibility index (Phi) is 4.91. The van der Waals surface area contributed by atoms with Crippen molar-refractivity contribution in [3.05, 3.63) is 58.9 Å². The zero-order valence-electron chi connectivity index (χ0n) is 12.8. The van der Waals surface area contributed by atoms with Gasteiger partial charge in [-0.1, -0.05) is 29.9 Å². The Bertz CT molecular complexity index is 652. The fraction of sp³-hybridized carbons (Fsp3) is 0.294. The Labute approximate surface area is 131 Å². The second-order valence-electron chi connectivity index (χ2n) is 5.17. The molecule has 110 valence electrons. The lowest BCUT2D eigenvalue weighted by atomic mass is 10.1. The normalized spacial score (nSPS) is 10.4. The fourth-order valence-corrected chi connectivity index (χ4v) is 2.54. The summed E-state index contributed by atoms with van der Waals surface area (Å²) in [4.78, 5) is 7.25. The van der Waals surface area contributed by atoms with Crippen molar-refractivity contribution in [2.45, 2.75) is 27.3 Å². The molecule has 1 heterocycles. The van der Waals surface area contributed by atoms with Crippen molar-refractivity contribution in [2.75, 3.05) is 11.4 Å². The maximum Gasteiger partial charge on any atom is 0.106 e. The van der Waals surface area contributed by atoms with Crippen LogP contribution < -0.4 is 10.6 Å². The molecule has 2 rings (SSSR count). The van der Waals surface area contributed by atoms with Crippen LogP contribution in [0.2, 0.25) is 0 Å². The number of nitrogens with zero attached hydrogens (tertiary/aromatic N) is 2. The van der Waals surface area contributed by atoms with Gasteiger partial charge in [-0.05, 0) is 45.0 Å². The van der Waals surface area contributed by atoms with Crippen molar-refractivity contribution in [3.63, 3.8) is 0 Å². The van der Waals surface area contributed by atoms with Crippen LogP contribution in [0.4, 0.5) is 5.69 Å². The Morgan fingerprint density at radius 3 is 2.62 bits per heavy atom. The molecule has 0 atom stereocenters. The van der Waals surface area contributed by atoms with Gasteiger partial charge in [-0.3, -0.25) is 4.98 Å². The van der Waals surface area contributed by atoms with E-state index in [2.05, 4.69) is 28.9 Å². The Morgan fingerprint density at radius 2 is 2.00 bits per heavy atom. The molecule has 0 fully saturated rings. The van der Waals surface area contributed by atoms with E-state index in [1.807, 2.05) is 38.1 Å². The van der Waals surface area contributed by atoms with Gasteiger partial charge in [0.1, 0.15) is 4.99 Å². The largest absolute Gasteiger partial charge is 0.389 e. The maximum absolute atomic E-state index is 5.88. The fourth-order valence-electron chi connectivity index (χ4n) is 2.37. The van der Waals surface area contributed by atoms with Crippen molar-refractivity contribution in [3.8, 4) is 0 Å². The van der Waals surface area contributed by atoms with Gasteiger partial charge in [0.25, 0.3) is 0 Å². The molecule has 3 nitrogen and oxygen atoms in total. The molecule has 1 aromatic heterocycles. The molecule has 2 N–H and O–H groups in total. The van der Waals surface area contributed by atoms with Crippen LogP contribution in [-0.4, -0.2) is 16.5 Å². The summed E-state index contributed by atoms with van der Waals surface area (Å²) in [5.74, 6) is 0. The van der Waals surface area contributed by atoms with Crippen LogP contribution >= 0.6 is 12.2 Å². The molecule has 0 saturated carbocycles. The van der Waals surface area contributed by atoms with Gasteiger partial charge in [0.2, 0.25) is 0 Å². The third-order valence-electron chi connectivity index (χ3n) is 3.44. The van der Waals surface area contributed by atoms with Crippen molar-refractivity contribution in [1.82, 2.24) is 4.98 Å². The lowest BCUT2D eigenvalue weighted by molar-refractivity contribution is 0.805. The first-order valence-corrected chi connectivity index (χ1v) is 7.50. The van der Waals surface area contributed by atoms with Crippen LogP contribution in [0.1, 0.15) is 29.4 Å². The van der Waals surface area contributed by atoms with Crippen molar-refractivity contribution in [1.29, 1.82) is 0 Å². The van der Waals surface area contributed by atoms with Crippen LogP contribution in [0.5, 0.6) is 0 Å². The van der Waals surface area contributed by atoms with E-state index in [1.54, 1.807) is 0 Å². The van der Waals surface area contributed by atoms with Gasteiger partial charge in [-0.2, -0.15) is 0 Å². The van der Waals surface area contributed by atoms with Gasteiger partial charge in [0, 0.05) is 23.5 Å². The maximum atomic E-state index is 5.88. The summed E-state index contributed by atoms with van der Waals surface area (Å²) >= 11 is 5.20. The number of aryl methyl sites for hydroxylation is 2. The lowest BCUT2D eigenvalue weighted by Crippen LogP contribution is -2.26. The van der Waals surface area contributed by atoms with Gasteiger partial charge >= 0.3 is 0 Å². The highest BCUT2D eigenvalue weighted by molar-refractivity contribution is 7.80. The standard InChI is InChI=1S/C17H21N3S/c1-4-20(11-14-7-5-6-13(3)19-14)16-9-8-12(2)10-15(16)17(18)21/h5-10H,4,11H2,1-3H3,(H2,18,21). The molecule has 0 aliphatic carbocycles. The van der Waals surface area contributed by atoms with Crippen LogP contribution in [0.25, 0.3) is 0 Å². The number of nitrogens with two attached hydrogens (primary N) is 1. The molecule has 0 radical (unpaired) electrons. The van der Waals surface area contributed by atoms with Crippen molar-refractivity contribution < 1.29 is 0 Å². The summed E-state index contributed by atoms with van der Waals surface area (Å²) in [6.45, 7) is 7.79. The van der Waals surface area contributed by atoms with Crippen molar-refractivity contribution >= 4 is 22.9 Å². The molecular weight excluding hydrogens is 278 g/mol. The van der Waals surface area contributed by atoms with Crippen LogP contribution in [0.15, 0.2) is 36.4 Å². The predicted molar refractivity (Wildman–Crippen MR) is 92.8 cm³/mol. The Hall–Kier alpha value is -1.94. The second-order valence-corrected chi connectivity index (χ2v) is 5.61. The van der Waals surface area contributed by atoms with E-state index in [0.717, 1.165) is 41.3 Å². The minimum absolute atomic E-state index is 0.435. The molecule has 2 aromatic rings. The summed E-state index contributed by atoms with van der Waals surface area (Å²) in [5, 5.41) is 0. The van der Waals surface area contributed by atoms with Crippen molar-refractivity contribution in [2.24, 2.45) is 5.73 Å². The molecule has 4 heteroatoms. The lowest BCUT2D eigenvalue weighted by Gasteiger charge is -2.25. The number of thiocarbonyl (C=S) groups is 1. The second kappa shape index (κ2) is 6.68. The third-order valence-corrected chi connectivity index (χ3v) is 3.66. The number of benzene rings is 1. The smallest absolute Gasteiger partial charge is 0.106 e. The topological polar surface area (TPSA) is 42.2 Å².